The maximum Gasteiger partial charge on any atom is 0.316 e. The molecule has 0 unspecified atom stereocenters. The first-order valence-corrected chi connectivity index (χ1v) is 6.91. The van der Waals surface area contributed by atoms with Gasteiger partial charge in [-0.05, 0) is 18.2 Å². The summed E-state index contributed by atoms with van der Waals surface area (Å²) >= 11 is 5.97. The van der Waals surface area contributed by atoms with E-state index in [1.807, 2.05) is 6.07 Å². The molecule has 3 aromatic rings. The van der Waals surface area contributed by atoms with Crippen LogP contribution in [0.3, 0.4) is 0 Å². The average Bonchev–Trinajstić information content (AvgIpc) is 2.84. The first-order valence-electron chi connectivity index (χ1n) is 6.53. The van der Waals surface area contributed by atoms with Crippen molar-refractivity contribution >= 4 is 40.0 Å². The molecule has 0 fully saturated rings. The van der Waals surface area contributed by atoms with Crippen LogP contribution in [-0.4, -0.2) is 16.8 Å². The van der Waals surface area contributed by atoms with Crippen LogP contribution in [-0.2, 0) is 0 Å². The Kier molecular flexibility index (Phi) is 3.56. The molecule has 0 saturated carbocycles. The first-order chi connectivity index (χ1) is 10.6. The van der Waals surface area contributed by atoms with Crippen LogP contribution >= 0.6 is 11.6 Å². The second kappa shape index (κ2) is 5.54. The summed E-state index contributed by atoms with van der Waals surface area (Å²) in [5.74, 6) is -0.239. The number of anilines is 1. The molecule has 0 saturated heterocycles. The number of nitrogens with one attached hydrogen (secondary N) is 2. The third-order valence-electron chi connectivity index (χ3n) is 3.27. The zero-order valence-corrected chi connectivity index (χ0v) is 12.1. The topological polar surface area (TPSA) is 88.0 Å². The SMILES string of the molecule is NC(=O)Nc1c(C(=O)c2ccccc2)[nH]c2cc(Cl)ccc12. The second-order valence-corrected chi connectivity index (χ2v) is 5.19. The van der Waals surface area contributed by atoms with E-state index in [-0.39, 0.29) is 11.5 Å². The molecular formula is C16H12ClN3O2. The summed E-state index contributed by atoms with van der Waals surface area (Å²) in [5, 5.41) is 3.71. The molecule has 0 aliphatic rings. The molecule has 110 valence electrons. The standard InChI is InChI=1S/C16H12ClN3O2/c17-10-6-7-11-12(8-10)19-14(13(11)20-16(18)22)15(21)9-4-2-1-3-5-9/h1-8,19H,(H3,18,20,22). The van der Waals surface area contributed by atoms with Gasteiger partial charge in [0.25, 0.3) is 0 Å². The molecule has 0 radical (unpaired) electrons. The van der Waals surface area contributed by atoms with Crippen molar-refractivity contribution in [3.8, 4) is 0 Å². The summed E-state index contributed by atoms with van der Waals surface area (Å²) in [7, 11) is 0. The number of urea groups is 1. The van der Waals surface area contributed by atoms with Gasteiger partial charge in [-0.15, -0.1) is 0 Å². The summed E-state index contributed by atoms with van der Waals surface area (Å²) in [6.07, 6.45) is 0. The largest absolute Gasteiger partial charge is 0.351 e. The fraction of sp³-hybridized carbons (Fsp3) is 0. The molecule has 0 atom stereocenters. The third-order valence-corrected chi connectivity index (χ3v) is 3.51. The Morgan fingerprint density at radius 1 is 1.09 bits per heavy atom. The molecule has 0 aliphatic carbocycles. The van der Waals surface area contributed by atoms with E-state index in [2.05, 4.69) is 10.3 Å². The minimum atomic E-state index is -0.738. The number of aromatic amines is 1. The van der Waals surface area contributed by atoms with Crippen molar-refractivity contribution in [3.05, 3.63) is 64.8 Å². The van der Waals surface area contributed by atoms with Crippen LogP contribution in [0.5, 0.6) is 0 Å². The highest BCUT2D eigenvalue weighted by atomic mass is 35.5. The Morgan fingerprint density at radius 3 is 2.50 bits per heavy atom. The van der Waals surface area contributed by atoms with Crippen molar-refractivity contribution in [2.24, 2.45) is 5.73 Å². The number of halogens is 1. The molecule has 1 heterocycles. The zero-order valence-electron chi connectivity index (χ0n) is 11.4. The van der Waals surface area contributed by atoms with Gasteiger partial charge in [-0.25, -0.2) is 4.79 Å². The molecule has 1 aromatic heterocycles. The minimum absolute atomic E-state index is 0.239. The van der Waals surface area contributed by atoms with E-state index < -0.39 is 6.03 Å². The van der Waals surface area contributed by atoms with Gasteiger partial charge in [0.1, 0.15) is 5.69 Å². The van der Waals surface area contributed by atoms with Gasteiger partial charge in [0.05, 0.1) is 5.69 Å². The number of amides is 2. The van der Waals surface area contributed by atoms with Crippen LogP contribution in [0.1, 0.15) is 16.1 Å². The molecular weight excluding hydrogens is 302 g/mol. The molecule has 0 spiro atoms. The Balaban J connectivity index is 2.19. The minimum Gasteiger partial charge on any atom is -0.351 e. The lowest BCUT2D eigenvalue weighted by Gasteiger charge is -2.04. The number of ketones is 1. The Bertz CT molecular complexity index is 872. The number of nitrogens with two attached hydrogens (primary N) is 1. The van der Waals surface area contributed by atoms with E-state index in [0.717, 1.165) is 0 Å². The molecule has 4 N–H and O–H groups in total. The van der Waals surface area contributed by atoms with Gasteiger partial charge in [0.15, 0.2) is 0 Å². The number of aromatic nitrogens is 1. The number of primary amides is 1. The van der Waals surface area contributed by atoms with E-state index >= 15 is 0 Å². The van der Waals surface area contributed by atoms with Crippen molar-refractivity contribution in [3.63, 3.8) is 0 Å². The summed E-state index contributed by atoms with van der Waals surface area (Å²) in [6, 6.07) is 13.1. The molecule has 5 nitrogen and oxygen atoms in total. The molecule has 6 heteroatoms. The number of hydrogen-bond donors (Lipinski definition) is 3. The van der Waals surface area contributed by atoms with Crippen molar-refractivity contribution in [2.45, 2.75) is 0 Å². The Hall–Kier alpha value is -2.79. The van der Waals surface area contributed by atoms with Crippen LogP contribution in [0.4, 0.5) is 10.5 Å². The molecule has 2 amide bonds. The normalized spacial score (nSPS) is 10.6. The van der Waals surface area contributed by atoms with E-state index in [1.54, 1.807) is 42.5 Å². The average molecular weight is 314 g/mol. The van der Waals surface area contributed by atoms with E-state index in [9.17, 15) is 9.59 Å². The summed E-state index contributed by atoms with van der Waals surface area (Å²) < 4.78 is 0. The number of carbonyl (C=O) groups is 2. The molecule has 0 aliphatic heterocycles. The van der Waals surface area contributed by atoms with Gasteiger partial charge in [-0.3, -0.25) is 4.79 Å². The van der Waals surface area contributed by atoms with E-state index in [4.69, 9.17) is 17.3 Å². The van der Waals surface area contributed by atoms with Gasteiger partial charge in [0.2, 0.25) is 5.78 Å². The fourth-order valence-corrected chi connectivity index (χ4v) is 2.50. The van der Waals surface area contributed by atoms with Crippen LogP contribution in [0.15, 0.2) is 48.5 Å². The molecule has 22 heavy (non-hydrogen) atoms. The predicted octanol–water partition coefficient (Wildman–Crippen LogP) is 3.54. The summed E-state index contributed by atoms with van der Waals surface area (Å²) in [6.45, 7) is 0. The predicted molar refractivity (Wildman–Crippen MR) is 86.4 cm³/mol. The van der Waals surface area contributed by atoms with Gasteiger partial charge in [-0.2, -0.15) is 0 Å². The van der Waals surface area contributed by atoms with Crippen molar-refractivity contribution in [1.82, 2.24) is 4.98 Å². The first kappa shape index (κ1) is 14.2. The number of rotatable bonds is 3. The number of carbonyl (C=O) groups excluding carboxylic acids is 2. The van der Waals surface area contributed by atoms with Gasteiger partial charge >= 0.3 is 6.03 Å². The van der Waals surface area contributed by atoms with Crippen LogP contribution in [0, 0.1) is 0 Å². The third kappa shape index (κ3) is 2.54. The van der Waals surface area contributed by atoms with Crippen molar-refractivity contribution in [2.75, 3.05) is 5.32 Å². The second-order valence-electron chi connectivity index (χ2n) is 4.75. The number of benzene rings is 2. The zero-order chi connectivity index (χ0) is 15.7. The fourth-order valence-electron chi connectivity index (χ4n) is 2.33. The highest BCUT2D eigenvalue weighted by Gasteiger charge is 2.20. The number of fused-ring (bicyclic) bond motifs is 1. The lowest BCUT2D eigenvalue weighted by Crippen LogP contribution is -2.20. The highest BCUT2D eigenvalue weighted by Crippen LogP contribution is 2.31. The van der Waals surface area contributed by atoms with E-state index in [0.29, 0.717) is 27.2 Å². The Morgan fingerprint density at radius 2 is 1.82 bits per heavy atom. The van der Waals surface area contributed by atoms with Crippen LogP contribution in [0.2, 0.25) is 5.02 Å². The molecule has 0 bridgehead atoms. The number of hydrogen-bond acceptors (Lipinski definition) is 2. The van der Waals surface area contributed by atoms with Crippen molar-refractivity contribution in [1.29, 1.82) is 0 Å². The lowest BCUT2D eigenvalue weighted by atomic mass is 10.1. The van der Waals surface area contributed by atoms with Crippen LogP contribution in [0.25, 0.3) is 10.9 Å². The Labute approximate surface area is 131 Å². The van der Waals surface area contributed by atoms with E-state index in [1.165, 1.54) is 0 Å². The van der Waals surface area contributed by atoms with Gasteiger partial charge < -0.3 is 16.0 Å². The number of H-pyrrole nitrogens is 1. The lowest BCUT2D eigenvalue weighted by molar-refractivity contribution is 0.103. The monoisotopic (exact) mass is 313 g/mol. The highest BCUT2D eigenvalue weighted by molar-refractivity contribution is 6.31. The molecule has 3 rings (SSSR count). The van der Waals surface area contributed by atoms with Gasteiger partial charge in [-0.1, -0.05) is 41.9 Å². The smallest absolute Gasteiger partial charge is 0.316 e. The maximum atomic E-state index is 12.6. The van der Waals surface area contributed by atoms with Gasteiger partial charge in [0, 0.05) is 21.5 Å². The maximum absolute atomic E-state index is 12.6. The summed E-state index contributed by atoms with van der Waals surface area (Å²) in [4.78, 5) is 26.9. The van der Waals surface area contributed by atoms with Crippen molar-refractivity contribution < 1.29 is 9.59 Å². The quantitative estimate of drug-likeness (QED) is 0.646. The molecule has 2 aromatic carbocycles. The summed E-state index contributed by atoms with van der Waals surface area (Å²) in [5.41, 5.74) is 6.99. The van der Waals surface area contributed by atoms with Crippen LogP contribution < -0.4 is 11.1 Å².